The average Bonchev–Trinajstić information content (AvgIpc) is 2.94. The summed E-state index contributed by atoms with van der Waals surface area (Å²) in [5.41, 5.74) is 0.290. The third-order valence-electron chi connectivity index (χ3n) is 2.69. The molecular formula is C11H10BrN5OS. The van der Waals surface area contributed by atoms with E-state index >= 15 is 0 Å². The van der Waals surface area contributed by atoms with Crippen LogP contribution in [0.5, 0.6) is 0 Å². The van der Waals surface area contributed by atoms with Gasteiger partial charge in [0.1, 0.15) is 11.6 Å². The highest BCUT2D eigenvalue weighted by Crippen LogP contribution is 2.23. The van der Waals surface area contributed by atoms with Crippen LogP contribution in [0, 0.1) is 6.92 Å². The van der Waals surface area contributed by atoms with Crippen LogP contribution in [0.2, 0.25) is 0 Å². The van der Waals surface area contributed by atoms with Crippen LogP contribution in [0.3, 0.4) is 0 Å². The van der Waals surface area contributed by atoms with Crippen molar-refractivity contribution in [3.63, 3.8) is 0 Å². The van der Waals surface area contributed by atoms with Gasteiger partial charge in [0.2, 0.25) is 0 Å². The Labute approximate surface area is 120 Å². The molecular weight excluding hydrogens is 330 g/mol. The molecule has 0 saturated carbocycles. The van der Waals surface area contributed by atoms with Crippen molar-refractivity contribution in [1.82, 2.24) is 19.6 Å². The first-order valence-electron chi connectivity index (χ1n) is 5.55. The molecule has 6 nitrogen and oxygen atoms in total. The maximum atomic E-state index is 11.5. The zero-order chi connectivity index (χ0) is 13.4. The molecule has 0 unspecified atom stereocenters. The van der Waals surface area contributed by atoms with Crippen LogP contribution in [-0.4, -0.2) is 19.6 Å². The number of aryl methyl sites for hydroxylation is 1. The van der Waals surface area contributed by atoms with Gasteiger partial charge in [0.15, 0.2) is 5.65 Å². The van der Waals surface area contributed by atoms with Gasteiger partial charge in [-0.1, -0.05) is 0 Å². The lowest BCUT2D eigenvalue weighted by Gasteiger charge is -2.06. The standard InChI is InChI=1S/C11H10BrN5OS/c1-6-14-9(4-10-15-16-11(18)17(6)10)13-5-8-7(12)2-3-19-8/h2-4,13H,5H2,1H3,(H,16,18). The maximum Gasteiger partial charge on any atom is 0.349 e. The zero-order valence-corrected chi connectivity index (χ0v) is 12.4. The summed E-state index contributed by atoms with van der Waals surface area (Å²) in [5.74, 6) is 1.30. The fraction of sp³-hybridized carbons (Fsp3) is 0.182. The molecule has 98 valence electrons. The first-order valence-corrected chi connectivity index (χ1v) is 7.23. The number of fused-ring (bicyclic) bond motifs is 1. The summed E-state index contributed by atoms with van der Waals surface area (Å²) in [6.45, 7) is 2.45. The summed E-state index contributed by atoms with van der Waals surface area (Å²) >= 11 is 5.15. The molecule has 0 aliphatic carbocycles. The van der Waals surface area contributed by atoms with E-state index in [1.54, 1.807) is 24.3 Å². The lowest BCUT2D eigenvalue weighted by atomic mass is 10.4. The summed E-state index contributed by atoms with van der Waals surface area (Å²) in [5, 5.41) is 11.6. The van der Waals surface area contributed by atoms with Crippen molar-refractivity contribution < 1.29 is 0 Å². The van der Waals surface area contributed by atoms with Gasteiger partial charge in [0.05, 0.1) is 6.54 Å². The van der Waals surface area contributed by atoms with Gasteiger partial charge in [-0.05, 0) is 34.3 Å². The fourth-order valence-corrected chi connectivity index (χ4v) is 3.24. The SMILES string of the molecule is Cc1nc(NCc2sccc2Br)cc2n[nH]c(=O)n12. The van der Waals surface area contributed by atoms with Gasteiger partial charge in [-0.3, -0.25) is 0 Å². The molecule has 8 heteroatoms. The van der Waals surface area contributed by atoms with Crippen molar-refractivity contribution in [3.8, 4) is 0 Å². The molecule has 0 aliphatic rings. The Morgan fingerprint density at radius 2 is 2.42 bits per heavy atom. The van der Waals surface area contributed by atoms with Gasteiger partial charge in [0, 0.05) is 15.4 Å². The van der Waals surface area contributed by atoms with Gasteiger partial charge in [0.25, 0.3) is 0 Å². The lowest BCUT2D eigenvalue weighted by Crippen LogP contribution is -2.14. The highest BCUT2D eigenvalue weighted by atomic mass is 79.9. The van der Waals surface area contributed by atoms with E-state index in [0.29, 0.717) is 23.8 Å². The van der Waals surface area contributed by atoms with Crippen molar-refractivity contribution in [2.24, 2.45) is 0 Å². The first-order chi connectivity index (χ1) is 9.15. The quantitative estimate of drug-likeness (QED) is 0.766. The Kier molecular flexibility index (Phi) is 3.11. The number of hydrogen-bond acceptors (Lipinski definition) is 5. The summed E-state index contributed by atoms with van der Waals surface area (Å²) < 4.78 is 2.52. The monoisotopic (exact) mass is 339 g/mol. The van der Waals surface area contributed by atoms with Gasteiger partial charge in [-0.2, -0.15) is 5.10 Å². The molecule has 0 saturated heterocycles. The minimum absolute atomic E-state index is 0.271. The van der Waals surface area contributed by atoms with Crippen LogP contribution in [0.15, 0.2) is 26.8 Å². The summed E-state index contributed by atoms with van der Waals surface area (Å²) in [4.78, 5) is 17.0. The number of aromatic amines is 1. The first kappa shape index (κ1) is 12.4. The third kappa shape index (κ3) is 2.28. The van der Waals surface area contributed by atoms with Crippen molar-refractivity contribution in [2.75, 3.05) is 5.32 Å². The van der Waals surface area contributed by atoms with Crippen LogP contribution in [0.25, 0.3) is 5.65 Å². The molecule has 0 amide bonds. The van der Waals surface area contributed by atoms with Gasteiger partial charge in [-0.25, -0.2) is 19.3 Å². The van der Waals surface area contributed by atoms with E-state index in [4.69, 9.17) is 0 Å². The van der Waals surface area contributed by atoms with Crippen molar-refractivity contribution in [1.29, 1.82) is 0 Å². The van der Waals surface area contributed by atoms with Gasteiger partial charge < -0.3 is 5.32 Å². The Morgan fingerprint density at radius 1 is 1.58 bits per heavy atom. The van der Waals surface area contributed by atoms with Crippen molar-refractivity contribution in [3.05, 3.63) is 43.2 Å². The predicted octanol–water partition coefficient (Wildman–Crippen LogP) is 2.16. The zero-order valence-electron chi connectivity index (χ0n) is 9.98. The van der Waals surface area contributed by atoms with Crippen LogP contribution in [-0.2, 0) is 6.54 Å². The molecule has 0 radical (unpaired) electrons. The summed E-state index contributed by atoms with van der Waals surface area (Å²) in [6.07, 6.45) is 0. The smallest absolute Gasteiger partial charge is 0.349 e. The molecule has 0 aromatic carbocycles. The van der Waals surface area contributed by atoms with E-state index in [0.717, 1.165) is 4.47 Å². The molecule has 3 heterocycles. The maximum absolute atomic E-state index is 11.5. The lowest BCUT2D eigenvalue weighted by molar-refractivity contribution is 0.932. The minimum Gasteiger partial charge on any atom is -0.365 e. The normalized spacial score (nSPS) is 11.1. The van der Waals surface area contributed by atoms with E-state index in [1.165, 1.54) is 9.28 Å². The number of thiophene rings is 1. The Morgan fingerprint density at radius 3 is 3.16 bits per heavy atom. The molecule has 0 atom stereocenters. The number of nitrogens with one attached hydrogen (secondary N) is 2. The molecule has 3 aromatic heterocycles. The highest BCUT2D eigenvalue weighted by molar-refractivity contribution is 9.10. The summed E-state index contributed by atoms with van der Waals surface area (Å²) in [6, 6.07) is 3.75. The second kappa shape index (κ2) is 4.78. The van der Waals surface area contributed by atoms with E-state index < -0.39 is 0 Å². The molecule has 19 heavy (non-hydrogen) atoms. The van der Waals surface area contributed by atoms with Crippen LogP contribution >= 0.6 is 27.3 Å². The topological polar surface area (TPSA) is 75.1 Å². The third-order valence-corrected chi connectivity index (χ3v) is 4.62. The number of aromatic nitrogens is 4. The van der Waals surface area contributed by atoms with Crippen molar-refractivity contribution in [2.45, 2.75) is 13.5 Å². The van der Waals surface area contributed by atoms with Crippen LogP contribution in [0.4, 0.5) is 5.82 Å². The molecule has 3 aromatic rings. The molecule has 2 N–H and O–H groups in total. The van der Waals surface area contributed by atoms with Gasteiger partial charge >= 0.3 is 5.69 Å². The number of rotatable bonds is 3. The molecule has 0 bridgehead atoms. The second-order valence-electron chi connectivity index (χ2n) is 3.96. The molecule has 0 aliphatic heterocycles. The van der Waals surface area contributed by atoms with Crippen LogP contribution < -0.4 is 11.0 Å². The Bertz CT molecular complexity index is 790. The largest absolute Gasteiger partial charge is 0.365 e. The van der Waals surface area contributed by atoms with E-state index in [1.807, 2.05) is 11.4 Å². The number of nitrogens with zero attached hydrogens (tertiary/aromatic N) is 3. The Hall–Kier alpha value is -1.67. The Balaban J connectivity index is 1.90. The van der Waals surface area contributed by atoms with Crippen LogP contribution in [0.1, 0.15) is 10.7 Å². The minimum atomic E-state index is -0.271. The number of anilines is 1. The van der Waals surface area contributed by atoms with E-state index in [2.05, 4.69) is 36.4 Å². The van der Waals surface area contributed by atoms with E-state index in [9.17, 15) is 4.79 Å². The molecule has 0 fully saturated rings. The number of H-pyrrole nitrogens is 1. The predicted molar refractivity (Wildman–Crippen MR) is 77.7 cm³/mol. The fourth-order valence-electron chi connectivity index (χ4n) is 1.81. The molecule has 3 rings (SSSR count). The van der Waals surface area contributed by atoms with Crippen molar-refractivity contribution >= 4 is 38.7 Å². The number of halogens is 1. The van der Waals surface area contributed by atoms with E-state index in [-0.39, 0.29) is 5.69 Å². The summed E-state index contributed by atoms with van der Waals surface area (Å²) in [7, 11) is 0. The highest BCUT2D eigenvalue weighted by Gasteiger charge is 2.07. The number of hydrogen-bond donors (Lipinski definition) is 2. The molecule has 0 spiro atoms. The average molecular weight is 340 g/mol. The second-order valence-corrected chi connectivity index (χ2v) is 5.81. The van der Waals surface area contributed by atoms with Gasteiger partial charge in [-0.15, -0.1) is 11.3 Å².